The first-order valence-electron chi connectivity index (χ1n) is 9.45. The largest absolute Gasteiger partial charge is 0.497 e. The van der Waals surface area contributed by atoms with Gasteiger partial charge in [-0.25, -0.2) is 4.68 Å². The maximum absolute atomic E-state index is 13.0. The molecule has 4 rings (SSSR count). The second-order valence-electron chi connectivity index (χ2n) is 6.91. The molecule has 6 heteroatoms. The first kappa shape index (κ1) is 18.3. The van der Waals surface area contributed by atoms with Crippen molar-refractivity contribution in [3.8, 4) is 11.4 Å². The molecule has 1 aliphatic rings. The number of benzene rings is 2. The number of hydrogen-bond acceptors (Lipinski definition) is 4. The predicted molar refractivity (Wildman–Crippen MR) is 109 cm³/mol. The third-order valence-corrected chi connectivity index (χ3v) is 5.28. The number of ether oxygens (including phenoxy) is 1. The summed E-state index contributed by atoms with van der Waals surface area (Å²) in [4.78, 5) is 17.1. The highest BCUT2D eigenvalue weighted by Gasteiger charge is 2.32. The van der Waals surface area contributed by atoms with Gasteiger partial charge in [0.25, 0.3) is 0 Å². The van der Waals surface area contributed by atoms with Gasteiger partial charge in [-0.05, 0) is 48.9 Å². The number of carbonyl (C=O) groups excluding carboxylic acids is 1. The van der Waals surface area contributed by atoms with Crippen LogP contribution in [-0.4, -0.2) is 46.8 Å². The summed E-state index contributed by atoms with van der Waals surface area (Å²) < 4.78 is 7.08. The van der Waals surface area contributed by atoms with Crippen molar-refractivity contribution in [2.45, 2.75) is 19.5 Å². The number of amides is 1. The van der Waals surface area contributed by atoms with Gasteiger partial charge in [0.15, 0.2) is 0 Å². The lowest BCUT2D eigenvalue weighted by molar-refractivity contribution is -0.125. The first-order valence-corrected chi connectivity index (χ1v) is 9.45. The molecule has 0 aliphatic carbocycles. The van der Waals surface area contributed by atoms with Gasteiger partial charge in [0.1, 0.15) is 5.75 Å². The van der Waals surface area contributed by atoms with Crippen molar-refractivity contribution in [1.82, 2.24) is 14.7 Å². The van der Waals surface area contributed by atoms with Crippen LogP contribution < -0.4 is 9.64 Å². The van der Waals surface area contributed by atoms with Gasteiger partial charge < -0.3 is 9.64 Å². The summed E-state index contributed by atoms with van der Waals surface area (Å²) in [6.07, 6.45) is 3.71. The van der Waals surface area contributed by atoms with Gasteiger partial charge in [-0.2, -0.15) is 5.10 Å². The number of methoxy groups -OCH3 is 1. The fourth-order valence-corrected chi connectivity index (χ4v) is 3.65. The van der Waals surface area contributed by atoms with Crippen LogP contribution in [0.5, 0.6) is 5.75 Å². The molecule has 1 saturated heterocycles. The Labute approximate surface area is 164 Å². The molecule has 2 heterocycles. The van der Waals surface area contributed by atoms with E-state index in [1.54, 1.807) is 13.3 Å². The van der Waals surface area contributed by atoms with Crippen molar-refractivity contribution in [1.29, 1.82) is 0 Å². The third-order valence-electron chi connectivity index (χ3n) is 5.28. The Morgan fingerprint density at radius 3 is 2.57 bits per heavy atom. The number of hydrogen-bond donors (Lipinski definition) is 0. The summed E-state index contributed by atoms with van der Waals surface area (Å²) in [6.45, 7) is 4.17. The molecule has 6 nitrogen and oxygen atoms in total. The van der Waals surface area contributed by atoms with Gasteiger partial charge in [-0.15, -0.1) is 0 Å². The van der Waals surface area contributed by atoms with Gasteiger partial charge in [-0.1, -0.05) is 18.2 Å². The SMILES string of the molecule is COc1ccc(N2CCN(Cc3ccccc3-n3cccn3)[C@H](C)C2=O)cc1. The van der Waals surface area contributed by atoms with E-state index in [0.29, 0.717) is 13.1 Å². The Bertz CT molecular complexity index is 937. The van der Waals surface area contributed by atoms with Gasteiger partial charge in [0.05, 0.1) is 18.8 Å². The Balaban J connectivity index is 1.51. The van der Waals surface area contributed by atoms with Crippen molar-refractivity contribution in [3.05, 3.63) is 72.6 Å². The van der Waals surface area contributed by atoms with E-state index in [4.69, 9.17) is 4.74 Å². The Hall–Kier alpha value is -3.12. The van der Waals surface area contributed by atoms with Crippen molar-refractivity contribution in [2.75, 3.05) is 25.1 Å². The lowest BCUT2D eigenvalue weighted by Gasteiger charge is -2.39. The van der Waals surface area contributed by atoms with Gasteiger partial charge in [0, 0.05) is 37.7 Å². The van der Waals surface area contributed by atoms with Crippen LogP contribution in [0, 0.1) is 0 Å². The Morgan fingerprint density at radius 2 is 1.86 bits per heavy atom. The van der Waals surface area contributed by atoms with E-state index in [0.717, 1.165) is 29.2 Å². The monoisotopic (exact) mass is 376 g/mol. The van der Waals surface area contributed by atoms with Crippen molar-refractivity contribution in [2.24, 2.45) is 0 Å². The number of para-hydroxylation sites is 1. The fourth-order valence-electron chi connectivity index (χ4n) is 3.65. The molecular formula is C22H24N4O2. The molecule has 1 aliphatic heterocycles. The van der Waals surface area contributed by atoms with Crippen LogP contribution in [0.15, 0.2) is 67.0 Å². The molecule has 0 unspecified atom stereocenters. The van der Waals surface area contributed by atoms with Crippen LogP contribution in [0.3, 0.4) is 0 Å². The number of piperazine rings is 1. The summed E-state index contributed by atoms with van der Waals surface area (Å²) in [5, 5.41) is 4.35. The molecule has 3 aromatic rings. The van der Waals surface area contributed by atoms with Gasteiger partial charge in [0.2, 0.25) is 5.91 Å². The summed E-state index contributed by atoms with van der Waals surface area (Å²) in [5.41, 5.74) is 3.11. The van der Waals surface area contributed by atoms with E-state index in [-0.39, 0.29) is 11.9 Å². The summed E-state index contributed by atoms with van der Waals surface area (Å²) in [5.74, 6) is 0.908. The number of nitrogens with zero attached hydrogens (tertiary/aromatic N) is 4. The minimum Gasteiger partial charge on any atom is -0.497 e. The van der Waals surface area contributed by atoms with E-state index >= 15 is 0 Å². The zero-order chi connectivity index (χ0) is 19.5. The molecule has 1 fully saturated rings. The molecule has 0 bridgehead atoms. The minimum absolute atomic E-state index is 0.119. The zero-order valence-corrected chi connectivity index (χ0v) is 16.2. The quantitative estimate of drug-likeness (QED) is 0.687. The molecule has 28 heavy (non-hydrogen) atoms. The van der Waals surface area contributed by atoms with Crippen molar-refractivity contribution >= 4 is 11.6 Å². The Morgan fingerprint density at radius 1 is 1.07 bits per heavy atom. The van der Waals surface area contributed by atoms with E-state index in [2.05, 4.69) is 22.1 Å². The highest BCUT2D eigenvalue weighted by atomic mass is 16.5. The summed E-state index contributed by atoms with van der Waals surface area (Å²) in [6, 6.07) is 17.6. The molecule has 2 aromatic carbocycles. The lowest BCUT2D eigenvalue weighted by Crippen LogP contribution is -2.55. The van der Waals surface area contributed by atoms with Crippen molar-refractivity contribution in [3.63, 3.8) is 0 Å². The van der Waals surface area contributed by atoms with E-state index in [1.165, 1.54) is 0 Å². The minimum atomic E-state index is -0.193. The number of rotatable bonds is 5. The van der Waals surface area contributed by atoms with Crippen LogP contribution in [0.2, 0.25) is 0 Å². The molecule has 0 radical (unpaired) electrons. The number of aromatic nitrogens is 2. The molecule has 0 saturated carbocycles. The maximum Gasteiger partial charge on any atom is 0.244 e. The fraction of sp³-hybridized carbons (Fsp3) is 0.273. The molecule has 1 atom stereocenters. The standard InChI is InChI=1S/C22H24N4O2/c1-17-22(27)25(19-8-10-20(28-2)11-9-19)15-14-24(17)16-18-6-3-4-7-21(18)26-13-5-12-23-26/h3-13,17H,14-16H2,1-2H3/t17-/m1/s1. The highest BCUT2D eigenvalue weighted by molar-refractivity contribution is 5.97. The molecule has 144 valence electrons. The van der Waals surface area contributed by atoms with E-state index in [9.17, 15) is 4.79 Å². The number of carbonyl (C=O) groups is 1. The number of anilines is 1. The van der Waals surface area contributed by atoms with E-state index < -0.39 is 0 Å². The first-order chi connectivity index (χ1) is 13.7. The van der Waals surface area contributed by atoms with Gasteiger partial charge in [-0.3, -0.25) is 9.69 Å². The second-order valence-corrected chi connectivity index (χ2v) is 6.91. The summed E-state index contributed by atoms with van der Waals surface area (Å²) >= 11 is 0. The van der Waals surface area contributed by atoms with E-state index in [1.807, 2.05) is 65.2 Å². The Kier molecular flexibility index (Phi) is 5.12. The van der Waals surface area contributed by atoms with Crippen LogP contribution >= 0.6 is 0 Å². The molecule has 1 amide bonds. The van der Waals surface area contributed by atoms with Crippen molar-refractivity contribution < 1.29 is 9.53 Å². The lowest BCUT2D eigenvalue weighted by atomic mass is 10.1. The highest BCUT2D eigenvalue weighted by Crippen LogP contribution is 2.25. The zero-order valence-electron chi connectivity index (χ0n) is 16.2. The average Bonchev–Trinajstić information content (AvgIpc) is 3.27. The molecule has 1 aromatic heterocycles. The van der Waals surface area contributed by atoms with Crippen LogP contribution in [0.1, 0.15) is 12.5 Å². The van der Waals surface area contributed by atoms with Crippen LogP contribution in [0.4, 0.5) is 5.69 Å². The smallest absolute Gasteiger partial charge is 0.244 e. The second kappa shape index (κ2) is 7.86. The summed E-state index contributed by atoms with van der Waals surface area (Å²) in [7, 11) is 1.64. The molecule has 0 spiro atoms. The maximum atomic E-state index is 13.0. The molecule has 0 N–H and O–H groups in total. The third kappa shape index (κ3) is 3.51. The van der Waals surface area contributed by atoms with Crippen LogP contribution in [-0.2, 0) is 11.3 Å². The van der Waals surface area contributed by atoms with Gasteiger partial charge >= 0.3 is 0 Å². The molecular weight excluding hydrogens is 352 g/mol. The average molecular weight is 376 g/mol. The normalized spacial score (nSPS) is 17.7. The topological polar surface area (TPSA) is 50.6 Å². The van der Waals surface area contributed by atoms with Crippen LogP contribution in [0.25, 0.3) is 5.69 Å². The predicted octanol–water partition coefficient (Wildman–Crippen LogP) is 3.12.